The summed E-state index contributed by atoms with van der Waals surface area (Å²) in [6.07, 6.45) is 0. The van der Waals surface area contributed by atoms with Crippen LogP contribution in [0.5, 0.6) is 0 Å². The minimum Gasteiger partial charge on any atom is -0.339 e. The van der Waals surface area contributed by atoms with Crippen molar-refractivity contribution >= 4 is 11.8 Å². The van der Waals surface area contributed by atoms with E-state index in [1.165, 1.54) is 0 Å². The van der Waals surface area contributed by atoms with E-state index in [0.717, 1.165) is 11.1 Å². The summed E-state index contributed by atoms with van der Waals surface area (Å²) in [5.74, 6) is 0.150. The largest absolute Gasteiger partial charge is 0.339 e. The molecule has 1 saturated heterocycles. The third kappa shape index (κ3) is 4.74. The summed E-state index contributed by atoms with van der Waals surface area (Å²) in [7, 11) is 0. The number of nitrogens with zero attached hydrogens (tertiary/aromatic N) is 2. The van der Waals surface area contributed by atoms with Gasteiger partial charge in [-0.05, 0) is 18.1 Å². The smallest absolute Gasteiger partial charge is 0.239 e. The zero-order chi connectivity index (χ0) is 19.2. The van der Waals surface area contributed by atoms with Crippen LogP contribution in [-0.4, -0.2) is 53.8 Å². The molecule has 1 aliphatic heterocycles. The summed E-state index contributed by atoms with van der Waals surface area (Å²) in [5, 5.41) is 3.51. The first-order valence-electron chi connectivity index (χ1n) is 9.46. The number of amides is 2. The van der Waals surface area contributed by atoms with Crippen LogP contribution >= 0.6 is 0 Å². The Morgan fingerprint density at radius 3 is 1.70 bits per heavy atom. The molecule has 5 nitrogen and oxygen atoms in total. The number of rotatable bonds is 5. The lowest BCUT2D eigenvalue weighted by molar-refractivity contribution is -0.139. The van der Waals surface area contributed by atoms with E-state index in [1.54, 1.807) is 11.8 Å². The van der Waals surface area contributed by atoms with Gasteiger partial charge in [-0.15, -0.1) is 0 Å². The van der Waals surface area contributed by atoms with Crippen molar-refractivity contribution in [2.24, 2.45) is 0 Å². The molecule has 1 atom stereocenters. The summed E-state index contributed by atoms with van der Waals surface area (Å²) in [6.45, 7) is 5.88. The Hall–Kier alpha value is -2.66. The lowest BCUT2D eigenvalue weighted by Gasteiger charge is -2.36. The summed E-state index contributed by atoms with van der Waals surface area (Å²) < 4.78 is 0. The van der Waals surface area contributed by atoms with Gasteiger partial charge in [0.25, 0.3) is 0 Å². The first-order chi connectivity index (χ1) is 13.1. The molecule has 0 spiro atoms. The second kappa shape index (κ2) is 8.82. The van der Waals surface area contributed by atoms with Crippen LogP contribution in [-0.2, 0) is 9.59 Å². The summed E-state index contributed by atoms with van der Waals surface area (Å²) in [6, 6.07) is 20.0. The van der Waals surface area contributed by atoms with Crippen LogP contribution in [0.2, 0.25) is 0 Å². The molecule has 0 aliphatic carbocycles. The van der Waals surface area contributed by atoms with Crippen LogP contribution in [0, 0.1) is 0 Å². The monoisotopic (exact) mass is 365 g/mol. The van der Waals surface area contributed by atoms with Gasteiger partial charge in [0, 0.05) is 33.1 Å². The molecule has 3 rings (SSSR count). The first kappa shape index (κ1) is 19.1. The van der Waals surface area contributed by atoms with Crippen molar-refractivity contribution in [1.82, 2.24) is 15.1 Å². The van der Waals surface area contributed by atoms with Crippen LogP contribution in [0.3, 0.4) is 0 Å². The molecule has 0 radical (unpaired) electrons. The second-order valence-electron chi connectivity index (χ2n) is 6.97. The van der Waals surface area contributed by atoms with E-state index in [4.69, 9.17) is 0 Å². The summed E-state index contributed by atoms with van der Waals surface area (Å²) in [4.78, 5) is 28.1. The van der Waals surface area contributed by atoms with Gasteiger partial charge < -0.3 is 9.80 Å². The molecule has 0 aromatic heterocycles. The van der Waals surface area contributed by atoms with E-state index in [9.17, 15) is 9.59 Å². The predicted octanol–water partition coefficient (Wildman–Crippen LogP) is 2.44. The SMILES string of the molecule is CC(=O)N1CCN(C(=O)C(C)NC(c2ccccc2)c2ccccc2)CC1. The standard InChI is InChI=1S/C22H27N3O2/c1-17(22(27)25-15-13-24(14-16-25)18(2)26)23-21(19-9-5-3-6-10-19)20-11-7-4-8-12-20/h3-12,17,21,23H,13-16H2,1-2H3. The molecular formula is C22H27N3O2. The minimum atomic E-state index is -0.320. The van der Waals surface area contributed by atoms with Crippen molar-refractivity contribution < 1.29 is 9.59 Å². The van der Waals surface area contributed by atoms with Crippen molar-refractivity contribution in [2.45, 2.75) is 25.9 Å². The van der Waals surface area contributed by atoms with Crippen molar-refractivity contribution in [3.8, 4) is 0 Å². The predicted molar refractivity (Wildman–Crippen MR) is 106 cm³/mol. The van der Waals surface area contributed by atoms with Crippen LogP contribution in [0.4, 0.5) is 0 Å². The van der Waals surface area contributed by atoms with Gasteiger partial charge in [-0.25, -0.2) is 0 Å². The number of carbonyl (C=O) groups is 2. The van der Waals surface area contributed by atoms with Gasteiger partial charge in [-0.2, -0.15) is 0 Å². The Labute approximate surface area is 161 Å². The zero-order valence-electron chi connectivity index (χ0n) is 16.0. The van der Waals surface area contributed by atoms with E-state index in [-0.39, 0.29) is 23.9 Å². The van der Waals surface area contributed by atoms with Crippen LogP contribution < -0.4 is 5.32 Å². The van der Waals surface area contributed by atoms with Crippen molar-refractivity contribution in [3.63, 3.8) is 0 Å². The topological polar surface area (TPSA) is 52.7 Å². The Morgan fingerprint density at radius 1 is 0.815 bits per heavy atom. The zero-order valence-corrected chi connectivity index (χ0v) is 16.0. The Kier molecular flexibility index (Phi) is 6.24. The number of hydrogen-bond donors (Lipinski definition) is 1. The van der Waals surface area contributed by atoms with E-state index >= 15 is 0 Å². The van der Waals surface area contributed by atoms with Gasteiger partial charge in [0.2, 0.25) is 11.8 Å². The minimum absolute atomic E-state index is 0.0511. The molecule has 0 saturated carbocycles. The van der Waals surface area contributed by atoms with Crippen LogP contribution in [0.15, 0.2) is 60.7 Å². The summed E-state index contributed by atoms with van der Waals surface area (Å²) in [5.41, 5.74) is 2.26. The van der Waals surface area contributed by atoms with E-state index in [1.807, 2.05) is 48.2 Å². The molecule has 27 heavy (non-hydrogen) atoms. The molecule has 1 aliphatic rings. The van der Waals surface area contributed by atoms with Crippen LogP contribution in [0.25, 0.3) is 0 Å². The fourth-order valence-electron chi connectivity index (χ4n) is 3.51. The number of benzene rings is 2. The molecule has 0 bridgehead atoms. The molecule has 1 fully saturated rings. The van der Waals surface area contributed by atoms with Gasteiger partial charge in [-0.1, -0.05) is 60.7 Å². The lowest BCUT2D eigenvalue weighted by atomic mass is 9.98. The third-order valence-corrected chi connectivity index (χ3v) is 5.09. The maximum atomic E-state index is 12.9. The number of hydrogen-bond acceptors (Lipinski definition) is 3. The Bertz CT molecular complexity index is 716. The molecule has 1 N–H and O–H groups in total. The highest BCUT2D eigenvalue weighted by molar-refractivity contribution is 5.82. The van der Waals surface area contributed by atoms with Crippen molar-refractivity contribution in [2.75, 3.05) is 26.2 Å². The van der Waals surface area contributed by atoms with Crippen molar-refractivity contribution in [3.05, 3.63) is 71.8 Å². The third-order valence-electron chi connectivity index (χ3n) is 5.09. The van der Waals surface area contributed by atoms with Gasteiger partial charge in [-0.3, -0.25) is 14.9 Å². The maximum Gasteiger partial charge on any atom is 0.239 e. The van der Waals surface area contributed by atoms with E-state index in [2.05, 4.69) is 29.6 Å². The summed E-state index contributed by atoms with van der Waals surface area (Å²) >= 11 is 0. The average Bonchev–Trinajstić information content (AvgIpc) is 2.72. The first-order valence-corrected chi connectivity index (χ1v) is 9.46. The van der Waals surface area contributed by atoms with Gasteiger partial charge >= 0.3 is 0 Å². The Morgan fingerprint density at radius 2 is 1.26 bits per heavy atom. The second-order valence-corrected chi connectivity index (χ2v) is 6.97. The molecule has 142 valence electrons. The lowest BCUT2D eigenvalue weighted by Crippen LogP contribution is -2.54. The molecule has 1 unspecified atom stereocenters. The Balaban J connectivity index is 1.70. The van der Waals surface area contributed by atoms with Gasteiger partial charge in [0.1, 0.15) is 0 Å². The molecule has 5 heteroatoms. The highest BCUT2D eigenvalue weighted by atomic mass is 16.2. The highest BCUT2D eigenvalue weighted by Crippen LogP contribution is 2.22. The fourth-order valence-corrected chi connectivity index (χ4v) is 3.51. The number of nitrogens with one attached hydrogen (secondary N) is 1. The molecule has 1 heterocycles. The number of piperazine rings is 1. The number of carbonyl (C=O) groups excluding carboxylic acids is 2. The highest BCUT2D eigenvalue weighted by Gasteiger charge is 2.27. The molecule has 2 amide bonds. The van der Waals surface area contributed by atoms with Gasteiger partial charge in [0.05, 0.1) is 12.1 Å². The van der Waals surface area contributed by atoms with Crippen molar-refractivity contribution in [1.29, 1.82) is 0 Å². The molecule has 2 aromatic carbocycles. The average molecular weight is 365 g/mol. The van der Waals surface area contributed by atoms with Crippen LogP contribution in [0.1, 0.15) is 31.0 Å². The van der Waals surface area contributed by atoms with E-state index < -0.39 is 0 Å². The normalized spacial score (nSPS) is 15.7. The molecule has 2 aromatic rings. The molecular weight excluding hydrogens is 338 g/mol. The maximum absolute atomic E-state index is 12.9. The van der Waals surface area contributed by atoms with E-state index in [0.29, 0.717) is 26.2 Å². The fraction of sp³-hybridized carbons (Fsp3) is 0.364. The van der Waals surface area contributed by atoms with Gasteiger partial charge in [0.15, 0.2) is 0 Å². The quantitative estimate of drug-likeness (QED) is 0.886.